The van der Waals surface area contributed by atoms with Crippen LogP contribution in [0, 0.1) is 0 Å². The van der Waals surface area contributed by atoms with Crippen molar-refractivity contribution >= 4 is 40.3 Å². The molecule has 78 valence electrons. The van der Waals surface area contributed by atoms with Gasteiger partial charge in [-0.05, 0) is 0 Å². The second-order valence-corrected chi connectivity index (χ2v) is 4.05. The molecule has 0 N–H and O–H groups in total. The highest BCUT2D eigenvalue weighted by molar-refractivity contribution is 7.17. The summed E-state index contributed by atoms with van der Waals surface area (Å²) in [5.41, 5.74) is -1.27. The lowest BCUT2D eigenvalue weighted by Gasteiger charge is -2.03. The molecule has 1 heterocycles. The lowest BCUT2D eigenvalue weighted by atomic mass is 10.3. The van der Waals surface area contributed by atoms with Crippen molar-refractivity contribution in [2.45, 2.75) is 6.18 Å². The van der Waals surface area contributed by atoms with Crippen LogP contribution in [0.25, 0.3) is 0 Å². The van der Waals surface area contributed by atoms with Crippen LogP contribution in [0.15, 0.2) is 0 Å². The van der Waals surface area contributed by atoms with Crippen LogP contribution in [-0.4, -0.2) is 16.6 Å². The Bertz CT molecular complexity index is 362. The maximum atomic E-state index is 12.2. The van der Waals surface area contributed by atoms with Gasteiger partial charge in [0.05, 0.1) is 5.88 Å². The molecule has 0 bridgehead atoms. The van der Waals surface area contributed by atoms with Crippen molar-refractivity contribution < 1.29 is 18.0 Å². The molecule has 0 saturated heterocycles. The number of halogens is 5. The van der Waals surface area contributed by atoms with Crippen LogP contribution in [0.4, 0.5) is 13.2 Å². The van der Waals surface area contributed by atoms with Gasteiger partial charge in [0.25, 0.3) is 0 Å². The van der Waals surface area contributed by atoms with E-state index >= 15 is 0 Å². The molecule has 0 unspecified atom stereocenters. The highest BCUT2D eigenvalue weighted by Crippen LogP contribution is 2.36. The lowest BCUT2D eigenvalue weighted by molar-refractivity contribution is -0.141. The van der Waals surface area contributed by atoms with Gasteiger partial charge in [0.1, 0.15) is 4.88 Å². The number of hydrogen-bond donors (Lipinski definition) is 0. The highest BCUT2D eigenvalue weighted by atomic mass is 35.5. The molecule has 0 aliphatic heterocycles. The number of Topliss-reactive ketones (excluding diaryl/α,β-unsaturated/α-hetero) is 1. The van der Waals surface area contributed by atoms with Crippen LogP contribution in [0.1, 0.15) is 15.4 Å². The number of nitrogens with zero attached hydrogens (tertiary/aromatic N) is 1. The third kappa shape index (κ3) is 2.37. The standard InChI is InChI=1S/C6H2Cl2F3NOS/c7-1-2(13)3-4(6(9,10)11)12-5(8)14-3/h1H2. The summed E-state index contributed by atoms with van der Waals surface area (Å²) in [5, 5.41) is 0. The molecule has 0 aliphatic carbocycles. The fourth-order valence-corrected chi connectivity index (χ4v) is 2.01. The molecule has 1 aromatic heterocycles. The summed E-state index contributed by atoms with van der Waals surface area (Å²) in [6.45, 7) is 0. The molecule has 0 radical (unpaired) electrons. The molecule has 2 nitrogen and oxygen atoms in total. The van der Waals surface area contributed by atoms with Gasteiger partial charge >= 0.3 is 6.18 Å². The predicted molar refractivity (Wildman–Crippen MR) is 47.2 cm³/mol. The van der Waals surface area contributed by atoms with E-state index in [1.54, 1.807) is 0 Å². The molecule has 1 aromatic rings. The fraction of sp³-hybridized carbons (Fsp3) is 0.333. The summed E-state index contributed by atoms with van der Waals surface area (Å²) in [5.74, 6) is -1.36. The molecule has 0 saturated carbocycles. The summed E-state index contributed by atoms with van der Waals surface area (Å²) in [6.07, 6.45) is -4.68. The van der Waals surface area contributed by atoms with Crippen molar-refractivity contribution in [3.8, 4) is 0 Å². The van der Waals surface area contributed by atoms with Crippen molar-refractivity contribution in [1.29, 1.82) is 0 Å². The number of hydrogen-bond acceptors (Lipinski definition) is 3. The molecule has 0 amide bonds. The number of alkyl halides is 4. The van der Waals surface area contributed by atoms with Gasteiger partial charge in [0, 0.05) is 0 Å². The van der Waals surface area contributed by atoms with Crippen molar-refractivity contribution in [2.24, 2.45) is 0 Å². The van der Waals surface area contributed by atoms with Gasteiger partial charge in [0.2, 0.25) is 0 Å². The molecule has 0 fully saturated rings. The van der Waals surface area contributed by atoms with E-state index in [0.717, 1.165) is 0 Å². The second kappa shape index (κ2) is 4.04. The van der Waals surface area contributed by atoms with Crippen LogP contribution >= 0.6 is 34.5 Å². The van der Waals surface area contributed by atoms with Crippen LogP contribution in [-0.2, 0) is 6.18 Å². The zero-order chi connectivity index (χ0) is 10.9. The third-order valence-electron chi connectivity index (χ3n) is 1.24. The molecule has 8 heteroatoms. The van der Waals surface area contributed by atoms with E-state index in [4.69, 9.17) is 23.2 Å². The summed E-state index contributed by atoms with van der Waals surface area (Å²) in [7, 11) is 0. The number of carbonyl (C=O) groups excluding carboxylic acids is 1. The molecule has 1 rings (SSSR count). The highest BCUT2D eigenvalue weighted by Gasteiger charge is 2.39. The van der Waals surface area contributed by atoms with E-state index in [9.17, 15) is 18.0 Å². The minimum Gasteiger partial charge on any atom is -0.292 e. The second-order valence-electron chi connectivity index (χ2n) is 2.20. The molecule has 0 atom stereocenters. The van der Waals surface area contributed by atoms with Gasteiger partial charge < -0.3 is 0 Å². The van der Waals surface area contributed by atoms with Gasteiger partial charge in [-0.1, -0.05) is 22.9 Å². The smallest absolute Gasteiger partial charge is 0.292 e. The summed E-state index contributed by atoms with van der Waals surface area (Å²) in [6, 6.07) is 0. The molecule has 0 aromatic carbocycles. The number of carbonyl (C=O) groups is 1. The topological polar surface area (TPSA) is 30.0 Å². The first-order chi connectivity index (χ1) is 6.36. The summed E-state index contributed by atoms with van der Waals surface area (Å²) < 4.78 is 36.4. The SMILES string of the molecule is O=C(CCl)c1sc(Cl)nc1C(F)(F)F. The first-order valence-corrected chi connectivity index (χ1v) is 4.92. The van der Waals surface area contributed by atoms with Crippen molar-refractivity contribution in [2.75, 3.05) is 5.88 Å². The normalized spacial score (nSPS) is 11.8. The van der Waals surface area contributed by atoms with Gasteiger partial charge in [-0.15, -0.1) is 11.6 Å². The molecular weight excluding hydrogens is 262 g/mol. The quantitative estimate of drug-likeness (QED) is 0.606. The average molecular weight is 264 g/mol. The molecule has 0 aliphatic rings. The number of ketones is 1. The Morgan fingerprint density at radius 1 is 1.50 bits per heavy atom. The molecule has 14 heavy (non-hydrogen) atoms. The van der Waals surface area contributed by atoms with E-state index in [-0.39, 0.29) is 4.47 Å². The fourth-order valence-electron chi connectivity index (χ4n) is 0.736. The monoisotopic (exact) mass is 263 g/mol. The minimum absolute atomic E-state index is 0.328. The van der Waals surface area contributed by atoms with Crippen LogP contribution in [0.2, 0.25) is 4.47 Å². The number of thiazole rings is 1. The Labute approximate surface area is 90.7 Å². The summed E-state index contributed by atoms with van der Waals surface area (Å²) in [4.78, 5) is 13.5. The zero-order valence-corrected chi connectivity index (χ0v) is 8.69. The van der Waals surface area contributed by atoms with Crippen molar-refractivity contribution in [3.05, 3.63) is 15.0 Å². The molecular formula is C6H2Cl2F3NOS. The van der Waals surface area contributed by atoms with E-state index in [1.807, 2.05) is 0 Å². The first kappa shape index (κ1) is 11.7. The van der Waals surface area contributed by atoms with E-state index in [0.29, 0.717) is 11.3 Å². The Morgan fingerprint density at radius 2 is 2.07 bits per heavy atom. The van der Waals surface area contributed by atoms with Gasteiger partial charge in [-0.2, -0.15) is 13.2 Å². The Hall–Kier alpha value is -0.330. The maximum Gasteiger partial charge on any atom is 0.434 e. The maximum absolute atomic E-state index is 12.2. The van der Waals surface area contributed by atoms with Crippen molar-refractivity contribution in [3.63, 3.8) is 0 Å². The number of aromatic nitrogens is 1. The van der Waals surface area contributed by atoms with Gasteiger partial charge in [-0.25, -0.2) is 4.98 Å². The van der Waals surface area contributed by atoms with Crippen LogP contribution < -0.4 is 0 Å². The third-order valence-corrected chi connectivity index (χ3v) is 2.69. The largest absolute Gasteiger partial charge is 0.434 e. The van der Waals surface area contributed by atoms with Gasteiger partial charge in [0.15, 0.2) is 15.9 Å². The summed E-state index contributed by atoms with van der Waals surface area (Å²) >= 11 is 10.9. The first-order valence-electron chi connectivity index (χ1n) is 3.19. The van der Waals surface area contributed by atoms with Crippen LogP contribution in [0.3, 0.4) is 0 Å². The lowest BCUT2D eigenvalue weighted by Crippen LogP contribution is -2.12. The van der Waals surface area contributed by atoms with Crippen molar-refractivity contribution in [1.82, 2.24) is 4.98 Å². The number of rotatable bonds is 2. The van der Waals surface area contributed by atoms with E-state index in [2.05, 4.69) is 4.98 Å². The van der Waals surface area contributed by atoms with E-state index < -0.39 is 28.4 Å². The minimum atomic E-state index is -4.68. The van der Waals surface area contributed by atoms with Crippen LogP contribution in [0.5, 0.6) is 0 Å². The average Bonchev–Trinajstić information content (AvgIpc) is 2.45. The van der Waals surface area contributed by atoms with E-state index in [1.165, 1.54) is 0 Å². The van der Waals surface area contributed by atoms with Gasteiger partial charge in [-0.3, -0.25) is 4.79 Å². The Morgan fingerprint density at radius 3 is 2.50 bits per heavy atom. The zero-order valence-electron chi connectivity index (χ0n) is 6.36. The Balaban J connectivity index is 3.23. The Kier molecular flexibility index (Phi) is 3.39. The molecule has 0 spiro atoms. The predicted octanol–water partition coefficient (Wildman–Crippen LogP) is 3.24.